The van der Waals surface area contributed by atoms with Gasteiger partial charge in [0.25, 0.3) is 15.9 Å². The molecule has 8 heteroatoms. The van der Waals surface area contributed by atoms with E-state index in [1.54, 1.807) is 60.7 Å². The molecule has 1 N–H and O–H groups in total. The molecule has 0 spiro atoms. The molecule has 3 aromatic rings. The fraction of sp³-hybridized carbons (Fsp3) is 0.269. The van der Waals surface area contributed by atoms with Gasteiger partial charge in [0, 0.05) is 0 Å². The number of benzene rings is 3. The lowest BCUT2D eigenvalue weighted by molar-refractivity contribution is -0.122. The van der Waals surface area contributed by atoms with Crippen molar-refractivity contribution >= 4 is 27.3 Å². The van der Waals surface area contributed by atoms with Gasteiger partial charge in [0.05, 0.1) is 29.9 Å². The number of nitrogens with one attached hydrogen (secondary N) is 1. The Morgan fingerprint density at radius 1 is 1.03 bits per heavy atom. The summed E-state index contributed by atoms with van der Waals surface area (Å²) in [4.78, 5) is 13.3. The highest BCUT2D eigenvalue weighted by atomic mass is 32.2. The fourth-order valence-corrected chi connectivity index (χ4v) is 5.25. The quantitative estimate of drug-likeness (QED) is 0.578. The van der Waals surface area contributed by atoms with Crippen molar-refractivity contribution in [3.8, 4) is 11.5 Å². The van der Waals surface area contributed by atoms with Crippen molar-refractivity contribution in [2.45, 2.75) is 37.2 Å². The smallest absolute Gasteiger partial charge is 0.267 e. The van der Waals surface area contributed by atoms with Crippen molar-refractivity contribution < 1.29 is 22.7 Å². The van der Waals surface area contributed by atoms with Crippen LogP contribution in [0.25, 0.3) is 0 Å². The first-order chi connectivity index (χ1) is 16.1. The number of hydrogen-bond donors (Lipinski definition) is 1. The molecule has 3 aromatic carbocycles. The van der Waals surface area contributed by atoms with Crippen LogP contribution in [0, 0.1) is 0 Å². The molecular formula is C26H28N2O5S. The molecule has 1 amide bonds. The van der Waals surface area contributed by atoms with E-state index in [1.807, 2.05) is 12.1 Å². The molecule has 4 rings (SSSR count). The van der Waals surface area contributed by atoms with E-state index in [9.17, 15) is 13.2 Å². The number of para-hydroxylation sites is 2. The molecule has 1 aliphatic rings. The van der Waals surface area contributed by atoms with Gasteiger partial charge in [0.2, 0.25) is 0 Å². The van der Waals surface area contributed by atoms with Gasteiger partial charge in [-0.25, -0.2) is 8.42 Å². The van der Waals surface area contributed by atoms with E-state index in [4.69, 9.17) is 9.47 Å². The first kappa shape index (κ1) is 23.6. The van der Waals surface area contributed by atoms with E-state index in [0.29, 0.717) is 22.9 Å². The molecule has 0 saturated carbocycles. The average molecular weight is 481 g/mol. The number of carbonyl (C=O) groups is 1. The summed E-state index contributed by atoms with van der Waals surface area (Å²) in [6, 6.07) is 20.6. The summed E-state index contributed by atoms with van der Waals surface area (Å²) >= 11 is 0. The average Bonchev–Trinajstić information content (AvgIpc) is 2.83. The Kier molecular flexibility index (Phi) is 6.27. The Morgan fingerprint density at radius 2 is 1.71 bits per heavy atom. The van der Waals surface area contributed by atoms with Gasteiger partial charge in [-0.15, -0.1) is 0 Å². The molecule has 7 nitrogen and oxygen atoms in total. The van der Waals surface area contributed by atoms with Crippen LogP contribution in [-0.4, -0.2) is 34.1 Å². The lowest BCUT2D eigenvalue weighted by Crippen LogP contribution is -2.49. The lowest BCUT2D eigenvalue weighted by Gasteiger charge is -2.36. The normalized spacial score (nSPS) is 15.8. The van der Waals surface area contributed by atoms with Crippen molar-refractivity contribution in [3.63, 3.8) is 0 Å². The molecule has 1 aliphatic heterocycles. The van der Waals surface area contributed by atoms with Crippen LogP contribution in [0.3, 0.4) is 0 Å². The largest absolute Gasteiger partial charge is 0.495 e. The summed E-state index contributed by atoms with van der Waals surface area (Å²) in [7, 11) is -2.43. The van der Waals surface area contributed by atoms with Gasteiger partial charge in [0.1, 0.15) is 11.5 Å². The standard InChI is InChI=1S/C26H28N2O5S/c1-26(2,3)18-14-15-23-21(16-18)28(34(30,31)19-10-6-5-7-11-19)17-24(33-23)25(29)27-20-12-8-9-13-22(20)32-4/h5-16,24H,17H2,1-4H3,(H,27,29)/t24-/m0/s1. The number of methoxy groups -OCH3 is 1. The molecule has 0 saturated heterocycles. The number of rotatable bonds is 5. The van der Waals surface area contributed by atoms with E-state index in [1.165, 1.54) is 11.4 Å². The van der Waals surface area contributed by atoms with Crippen molar-refractivity contribution in [3.05, 3.63) is 78.4 Å². The van der Waals surface area contributed by atoms with Crippen LogP contribution in [0.4, 0.5) is 11.4 Å². The molecule has 34 heavy (non-hydrogen) atoms. The maximum Gasteiger partial charge on any atom is 0.267 e. The third-order valence-electron chi connectivity index (χ3n) is 5.68. The molecule has 1 atom stereocenters. The third kappa shape index (κ3) is 4.59. The van der Waals surface area contributed by atoms with Gasteiger partial charge in [-0.1, -0.05) is 57.2 Å². The van der Waals surface area contributed by atoms with Gasteiger partial charge in [-0.3, -0.25) is 9.10 Å². The van der Waals surface area contributed by atoms with Crippen LogP contribution in [0.1, 0.15) is 26.3 Å². The summed E-state index contributed by atoms with van der Waals surface area (Å²) in [5.74, 6) is 0.359. The highest BCUT2D eigenvalue weighted by Gasteiger charge is 2.38. The molecular weight excluding hydrogens is 452 g/mol. The SMILES string of the molecule is COc1ccccc1NC(=O)[C@@H]1CN(S(=O)(=O)c2ccccc2)c2cc(C(C)(C)C)ccc2O1. The topological polar surface area (TPSA) is 84.9 Å². The zero-order valence-corrected chi connectivity index (χ0v) is 20.4. The number of carbonyl (C=O) groups excluding carboxylic acids is 1. The Morgan fingerprint density at radius 3 is 2.38 bits per heavy atom. The number of fused-ring (bicyclic) bond motifs is 1. The van der Waals surface area contributed by atoms with Crippen LogP contribution >= 0.6 is 0 Å². The number of ether oxygens (including phenoxy) is 2. The molecule has 1 heterocycles. The van der Waals surface area contributed by atoms with Crippen LogP contribution in [0.5, 0.6) is 11.5 Å². The van der Waals surface area contributed by atoms with E-state index in [-0.39, 0.29) is 16.9 Å². The summed E-state index contributed by atoms with van der Waals surface area (Å²) < 4.78 is 39.9. The zero-order chi connectivity index (χ0) is 24.5. The highest BCUT2D eigenvalue weighted by Crippen LogP contribution is 2.40. The van der Waals surface area contributed by atoms with Crippen molar-refractivity contribution in [1.29, 1.82) is 0 Å². The second kappa shape index (κ2) is 9.02. The third-order valence-corrected chi connectivity index (χ3v) is 7.48. The predicted octanol–water partition coefficient (Wildman–Crippen LogP) is 4.59. The molecule has 178 valence electrons. The molecule has 0 radical (unpaired) electrons. The van der Waals surface area contributed by atoms with Gasteiger partial charge >= 0.3 is 0 Å². The summed E-state index contributed by atoms with van der Waals surface area (Å²) in [5.41, 5.74) is 1.65. The Labute approximate surface area is 200 Å². The molecule has 0 bridgehead atoms. The lowest BCUT2D eigenvalue weighted by atomic mass is 9.86. The number of anilines is 2. The number of nitrogens with zero attached hydrogens (tertiary/aromatic N) is 1. The van der Waals surface area contributed by atoms with Gasteiger partial charge < -0.3 is 14.8 Å². The van der Waals surface area contributed by atoms with Crippen molar-refractivity contribution in [1.82, 2.24) is 0 Å². The van der Waals surface area contributed by atoms with Crippen LogP contribution in [0.2, 0.25) is 0 Å². The van der Waals surface area contributed by atoms with Crippen molar-refractivity contribution in [2.75, 3.05) is 23.3 Å². The van der Waals surface area contributed by atoms with E-state index in [2.05, 4.69) is 26.1 Å². The van der Waals surface area contributed by atoms with Gasteiger partial charge in [0.15, 0.2) is 6.10 Å². The van der Waals surface area contributed by atoms with Crippen LogP contribution < -0.4 is 19.1 Å². The zero-order valence-electron chi connectivity index (χ0n) is 19.6. The van der Waals surface area contributed by atoms with Gasteiger partial charge in [-0.2, -0.15) is 0 Å². The second-order valence-corrected chi connectivity index (χ2v) is 10.9. The highest BCUT2D eigenvalue weighted by molar-refractivity contribution is 7.92. The second-order valence-electron chi connectivity index (χ2n) is 9.08. The van der Waals surface area contributed by atoms with Crippen LogP contribution in [-0.2, 0) is 20.2 Å². The minimum Gasteiger partial charge on any atom is -0.495 e. The first-order valence-electron chi connectivity index (χ1n) is 10.9. The van der Waals surface area contributed by atoms with Gasteiger partial charge in [-0.05, 0) is 47.4 Å². The maximum atomic E-state index is 13.7. The molecule has 0 fully saturated rings. The number of amides is 1. The summed E-state index contributed by atoms with van der Waals surface area (Å²) in [5, 5.41) is 2.80. The Hall–Kier alpha value is -3.52. The van der Waals surface area contributed by atoms with Crippen LogP contribution in [0.15, 0.2) is 77.7 Å². The van der Waals surface area contributed by atoms with E-state index in [0.717, 1.165) is 5.56 Å². The predicted molar refractivity (Wildman–Crippen MR) is 132 cm³/mol. The summed E-state index contributed by atoms with van der Waals surface area (Å²) in [6.07, 6.45) is -1.06. The Balaban J connectivity index is 1.74. The molecule has 0 aromatic heterocycles. The Bertz CT molecular complexity index is 1300. The minimum atomic E-state index is -3.94. The van der Waals surface area contributed by atoms with Crippen molar-refractivity contribution in [2.24, 2.45) is 0 Å². The summed E-state index contributed by atoms with van der Waals surface area (Å²) in [6.45, 7) is 5.99. The minimum absolute atomic E-state index is 0.146. The van der Waals surface area contributed by atoms with E-state index >= 15 is 0 Å². The number of sulfonamides is 1. The number of hydrogen-bond acceptors (Lipinski definition) is 5. The van der Waals surface area contributed by atoms with E-state index < -0.39 is 22.0 Å². The molecule has 0 aliphatic carbocycles. The molecule has 0 unspecified atom stereocenters. The first-order valence-corrected chi connectivity index (χ1v) is 12.4. The maximum absolute atomic E-state index is 13.7. The fourth-order valence-electron chi connectivity index (χ4n) is 3.76. The monoisotopic (exact) mass is 480 g/mol.